The molecule has 4 rings (SSSR count). The highest BCUT2D eigenvalue weighted by Gasteiger charge is 2.23. The van der Waals surface area contributed by atoms with Crippen LogP contribution in [0.4, 0.5) is 11.6 Å². The topological polar surface area (TPSA) is 342 Å². The van der Waals surface area contributed by atoms with E-state index in [9.17, 15) is 53.7 Å². The minimum absolute atomic E-state index is 0.0104. The minimum Gasteiger partial charge on any atom is -0.480 e. The van der Waals surface area contributed by atoms with Gasteiger partial charge in [0.05, 0.1) is 71.0 Å². The molecule has 1 aromatic carbocycles. The summed E-state index contributed by atoms with van der Waals surface area (Å²) in [5.41, 5.74) is 6.53. The van der Waals surface area contributed by atoms with E-state index in [-0.39, 0.29) is 92.0 Å². The van der Waals surface area contributed by atoms with Crippen LogP contribution in [-0.4, -0.2) is 220 Å². The van der Waals surface area contributed by atoms with Crippen molar-refractivity contribution in [1.29, 1.82) is 0 Å². The number of hydrogen-bond acceptors (Lipinski definition) is 20. The van der Waals surface area contributed by atoms with E-state index < -0.39 is 35.4 Å². The molecule has 402 valence electrons. The number of hydrogen-bond donors (Lipinski definition) is 7. The largest absolute Gasteiger partial charge is 0.480 e. The average molecular weight is 1030 g/mol. The second-order valence-electron chi connectivity index (χ2n) is 17.7. The second kappa shape index (κ2) is 32.7. The summed E-state index contributed by atoms with van der Waals surface area (Å²) >= 11 is 0. The summed E-state index contributed by atoms with van der Waals surface area (Å²) in [5, 5.41) is 34.1. The van der Waals surface area contributed by atoms with Gasteiger partial charge in [-0.25, -0.2) is 14.8 Å². The lowest BCUT2D eigenvalue weighted by Gasteiger charge is -2.33. The molecule has 73 heavy (non-hydrogen) atoms. The van der Waals surface area contributed by atoms with Gasteiger partial charge >= 0.3 is 17.9 Å². The number of carboxylic acid groups (broad SMARTS) is 3. The number of rotatable bonds is 33. The summed E-state index contributed by atoms with van der Waals surface area (Å²) < 4.78 is 16.8. The summed E-state index contributed by atoms with van der Waals surface area (Å²) in [5.74, 6) is -3.95. The number of H-pyrrole nitrogens is 1. The number of carbonyl (C=O) groups excluding carboxylic acids is 4. The summed E-state index contributed by atoms with van der Waals surface area (Å²) in [6.07, 6.45) is 4.52. The summed E-state index contributed by atoms with van der Waals surface area (Å²) in [7, 11) is 0. The standard InChI is InChI=1S/C48H71N11O14/c1-34(60)30-56-14-16-57(17-19-59(33-42(65)66)21-20-58(18-15-56)32-41(63)64)31-39(62)7-3-5-23-72-25-27-73-26-24-71-22-4-2-6-38(61)12-13-40(47(69)70)53-45(67)35-8-10-36(11-9-35)50-28-37-29-51-44-43(52-37)46(68)55-48(49)54-44/h8-11,29,40,50H,2-7,12-28,30-33H2,1H3,(H,53,67)(H,63,64)(H,65,66)(H,69,70)(H3,49,51,54,55,68)/t40-/m0/s1. The summed E-state index contributed by atoms with van der Waals surface area (Å²) in [6, 6.07) is 5.06. The van der Waals surface area contributed by atoms with Gasteiger partial charge < -0.3 is 45.9 Å². The normalized spacial score (nSPS) is 15.0. The molecule has 8 N–H and O–H groups in total. The number of fused-ring (bicyclic) bond motifs is 1. The first kappa shape index (κ1) is 59.2. The Kier molecular flexibility index (Phi) is 26.5. The lowest BCUT2D eigenvalue weighted by molar-refractivity contribution is -0.140. The Bertz CT molecular complexity index is 2290. The van der Waals surface area contributed by atoms with Crippen molar-refractivity contribution < 1.29 is 63.1 Å². The molecule has 0 bridgehead atoms. The van der Waals surface area contributed by atoms with Crippen LogP contribution in [0, 0.1) is 0 Å². The summed E-state index contributed by atoms with van der Waals surface area (Å²) in [4.78, 5) is 120. The Hall–Kier alpha value is -6.35. The van der Waals surface area contributed by atoms with Gasteiger partial charge in [0, 0.05) is 96.1 Å². The number of nitrogens with one attached hydrogen (secondary N) is 3. The summed E-state index contributed by atoms with van der Waals surface area (Å²) in [6.45, 7) is 7.51. The number of ketones is 3. The van der Waals surface area contributed by atoms with Crippen LogP contribution in [0.25, 0.3) is 11.2 Å². The third-order valence-corrected chi connectivity index (χ3v) is 11.6. The number of Topliss-reactive ketones (excluding diaryl/α,β-unsaturated/α-hetero) is 3. The molecule has 1 atom stereocenters. The third kappa shape index (κ3) is 24.3. The Balaban J connectivity index is 1.00. The number of carbonyl (C=O) groups is 7. The van der Waals surface area contributed by atoms with Gasteiger partial charge in [0.1, 0.15) is 23.4 Å². The molecule has 1 fully saturated rings. The number of aromatic nitrogens is 4. The smallest absolute Gasteiger partial charge is 0.326 e. The fourth-order valence-electron chi connectivity index (χ4n) is 7.75. The molecule has 0 radical (unpaired) electrons. The number of unbranched alkanes of at least 4 members (excludes halogenated alkanes) is 2. The van der Waals surface area contributed by atoms with Gasteiger partial charge in [0.25, 0.3) is 11.5 Å². The number of amides is 1. The molecule has 1 amide bonds. The van der Waals surface area contributed by atoms with E-state index >= 15 is 0 Å². The number of nitrogen functional groups attached to an aromatic ring is 1. The fourth-order valence-corrected chi connectivity index (χ4v) is 7.75. The number of aliphatic carboxylic acids is 3. The van der Waals surface area contributed by atoms with Gasteiger partial charge in [0.2, 0.25) is 5.95 Å². The van der Waals surface area contributed by atoms with Crippen molar-refractivity contribution >= 4 is 64.0 Å². The maximum atomic E-state index is 13.0. The molecule has 2 aromatic heterocycles. The zero-order valence-electron chi connectivity index (χ0n) is 41.6. The zero-order valence-corrected chi connectivity index (χ0v) is 41.6. The first-order chi connectivity index (χ1) is 35.0. The van der Waals surface area contributed by atoms with Gasteiger partial charge in [-0.2, -0.15) is 4.98 Å². The highest BCUT2D eigenvalue weighted by Crippen LogP contribution is 2.13. The maximum Gasteiger partial charge on any atom is 0.326 e. The van der Waals surface area contributed by atoms with Crippen molar-refractivity contribution in [3.63, 3.8) is 0 Å². The molecule has 25 heteroatoms. The van der Waals surface area contributed by atoms with Crippen molar-refractivity contribution in [2.24, 2.45) is 0 Å². The average Bonchev–Trinajstić information content (AvgIpc) is 3.33. The molecule has 3 heterocycles. The molecule has 25 nitrogen and oxygen atoms in total. The van der Waals surface area contributed by atoms with Crippen molar-refractivity contribution in [2.45, 2.75) is 70.9 Å². The van der Waals surface area contributed by atoms with E-state index in [0.29, 0.717) is 135 Å². The predicted molar refractivity (Wildman–Crippen MR) is 266 cm³/mol. The van der Waals surface area contributed by atoms with E-state index in [1.807, 2.05) is 9.80 Å². The van der Waals surface area contributed by atoms with Crippen LogP contribution in [-0.2, 0) is 49.5 Å². The van der Waals surface area contributed by atoms with Crippen LogP contribution in [0.3, 0.4) is 0 Å². The molecule has 0 aliphatic carbocycles. The highest BCUT2D eigenvalue weighted by atomic mass is 16.5. The number of ether oxygens (including phenoxy) is 3. The highest BCUT2D eigenvalue weighted by molar-refractivity contribution is 5.97. The molecular weight excluding hydrogens is 955 g/mol. The Morgan fingerprint density at radius 3 is 1.70 bits per heavy atom. The molecule has 1 aliphatic heterocycles. The Morgan fingerprint density at radius 2 is 1.18 bits per heavy atom. The van der Waals surface area contributed by atoms with Crippen LogP contribution >= 0.6 is 0 Å². The fraction of sp³-hybridized carbons (Fsp3) is 0.604. The lowest BCUT2D eigenvalue weighted by atomic mass is 10.0. The van der Waals surface area contributed by atoms with Gasteiger partial charge in [-0.05, 0) is 63.3 Å². The lowest BCUT2D eigenvalue weighted by Crippen LogP contribution is -2.49. The van der Waals surface area contributed by atoms with E-state index in [0.717, 1.165) is 0 Å². The molecule has 0 saturated carbocycles. The molecule has 3 aromatic rings. The Morgan fingerprint density at radius 1 is 0.671 bits per heavy atom. The van der Waals surface area contributed by atoms with Gasteiger partial charge in [-0.1, -0.05) is 0 Å². The molecule has 0 unspecified atom stereocenters. The Labute approximate surface area is 423 Å². The third-order valence-electron chi connectivity index (χ3n) is 11.6. The quantitative estimate of drug-likeness (QED) is 0.0406. The first-order valence-electron chi connectivity index (χ1n) is 24.5. The van der Waals surface area contributed by atoms with Crippen LogP contribution in [0.15, 0.2) is 35.3 Å². The van der Waals surface area contributed by atoms with E-state index in [4.69, 9.17) is 19.9 Å². The van der Waals surface area contributed by atoms with Crippen LogP contribution in [0.2, 0.25) is 0 Å². The van der Waals surface area contributed by atoms with Crippen molar-refractivity contribution in [1.82, 2.24) is 44.9 Å². The van der Waals surface area contributed by atoms with Gasteiger partial charge in [-0.3, -0.25) is 58.1 Å². The number of nitrogens with zero attached hydrogens (tertiary/aromatic N) is 7. The molecule has 1 aliphatic rings. The number of benzene rings is 1. The van der Waals surface area contributed by atoms with E-state index in [1.165, 1.54) is 25.3 Å². The SMILES string of the molecule is CC(=O)CN1CCN(CC(=O)O)CCN(CC(=O)O)CCN(CC(=O)CCCCOCCOCCOCCCCC(=O)CC[C@H](NC(=O)c2ccc(NCc3cnc4nc(N)[nH]c(=O)c4n3)cc2)C(=O)O)CC1. The number of carboxylic acids is 3. The second-order valence-corrected chi connectivity index (χ2v) is 17.7. The van der Waals surface area contributed by atoms with Crippen molar-refractivity contribution in [2.75, 3.05) is 129 Å². The van der Waals surface area contributed by atoms with Crippen LogP contribution < -0.4 is 21.9 Å². The number of nitrogens with two attached hydrogens (primary N) is 1. The predicted octanol–water partition coefficient (Wildman–Crippen LogP) is 0.379. The van der Waals surface area contributed by atoms with Crippen LogP contribution in [0.5, 0.6) is 0 Å². The maximum absolute atomic E-state index is 13.0. The van der Waals surface area contributed by atoms with E-state index in [1.54, 1.807) is 21.9 Å². The van der Waals surface area contributed by atoms with Crippen molar-refractivity contribution in [3.05, 3.63) is 52.1 Å². The van der Waals surface area contributed by atoms with Gasteiger partial charge in [-0.15, -0.1) is 0 Å². The van der Waals surface area contributed by atoms with Crippen LogP contribution in [0.1, 0.15) is 74.3 Å². The minimum atomic E-state index is -1.25. The first-order valence-corrected chi connectivity index (χ1v) is 24.5. The number of anilines is 2. The zero-order chi connectivity index (χ0) is 53.0. The van der Waals surface area contributed by atoms with Gasteiger partial charge in [0.15, 0.2) is 11.2 Å². The monoisotopic (exact) mass is 1030 g/mol. The molecule has 0 spiro atoms. The number of aromatic amines is 1. The van der Waals surface area contributed by atoms with E-state index in [2.05, 4.69) is 30.6 Å². The molecule has 1 saturated heterocycles. The van der Waals surface area contributed by atoms with Crippen molar-refractivity contribution in [3.8, 4) is 0 Å². The molecular formula is C48H71N11O14.